The van der Waals surface area contributed by atoms with Gasteiger partial charge in [0.2, 0.25) is 0 Å². The van der Waals surface area contributed by atoms with Crippen LogP contribution >= 0.6 is 0 Å². The van der Waals surface area contributed by atoms with Crippen LogP contribution < -0.4 is 10.2 Å². The van der Waals surface area contributed by atoms with Crippen LogP contribution in [0.15, 0.2) is 30.5 Å². The number of esters is 1. The van der Waals surface area contributed by atoms with E-state index in [0.29, 0.717) is 24.6 Å². The maximum atomic E-state index is 12.0. The standard InChI is InChI=1S/C17H25N3O3/c1-5-20(13(2)3)15-10-9-14(12-19-15)17(22)18-11-7-6-8-16(21)23-4/h6,8-10,12-13H,5,7,11H2,1-4H3,(H,18,22)/b8-6+. The summed E-state index contributed by atoms with van der Waals surface area (Å²) in [7, 11) is 1.32. The molecule has 1 rings (SSSR count). The average Bonchev–Trinajstić information content (AvgIpc) is 2.55. The van der Waals surface area contributed by atoms with Crippen molar-refractivity contribution in [1.29, 1.82) is 0 Å². The number of hydrogen-bond acceptors (Lipinski definition) is 5. The van der Waals surface area contributed by atoms with Gasteiger partial charge < -0.3 is 15.0 Å². The number of anilines is 1. The number of hydrogen-bond donors (Lipinski definition) is 1. The van der Waals surface area contributed by atoms with Crippen LogP contribution in [0.4, 0.5) is 5.82 Å². The third kappa shape index (κ3) is 6.10. The largest absolute Gasteiger partial charge is 0.466 e. The fourth-order valence-electron chi connectivity index (χ4n) is 2.10. The van der Waals surface area contributed by atoms with E-state index in [9.17, 15) is 9.59 Å². The van der Waals surface area contributed by atoms with E-state index in [1.54, 1.807) is 18.3 Å². The van der Waals surface area contributed by atoms with Crippen molar-refractivity contribution in [2.75, 3.05) is 25.1 Å². The molecular weight excluding hydrogens is 294 g/mol. The number of carbonyl (C=O) groups is 2. The molecule has 0 aromatic carbocycles. The van der Waals surface area contributed by atoms with E-state index in [1.165, 1.54) is 13.2 Å². The number of nitrogens with zero attached hydrogens (tertiary/aromatic N) is 2. The van der Waals surface area contributed by atoms with Crippen molar-refractivity contribution in [2.45, 2.75) is 33.2 Å². The molecular formula is C17H25N3O3. The molecule has 0 saturated heterocycles. The molecule has 126 valence electrons. The Bertz CT molecular complexity index is 539. The number of methoxy groups -OCH3 is 1. The third-order valence-corrected chi connectivity index (χ3v) is 3.32. The summed E-state index contributed by atoms with van der Waals surface area (Å²) in [5, 5.41) is 2.78. The summed E-state index contributed by atoms with van der Waals surface area (Å²) >= 11 is 0. The number of amides is 1. The normalized spacial score (nSPS) is 10.8. The predicted octanol–water partition coefficient (Wildman–Crippen LogP) is 2.17. The van der Waals surface area contributed by atoms with Gasteiger partial charge in [-0.15, -0.1) is 0 Å². The minimum absolute atomic E-state index is 0.178. The first kappa shape index (κ1) is 18.7. The summed E-state index contributed by atoms with van der Waals surface area (Å²) in [5.41, 5.74) is 0.519. The van der Waals surface area contributed by atoms with Gasteiger partial charge in [-0.3, -0.25) is 4.79 Å². The van der Waals surface area contributed by atoms with Crippen LogP contribution in [0.1, 0.15) is 37.6 Å². The molecule has 0 unspecified atom stereocenters. The van der Waals surface area contributed by atoms with E-state index in [4.69, 9.17) is 0 Å². The van der Waals surface area contributed by atoms with E-state index in [2.05, 4.69) is 40.7 Å². The molecule has 1 aromatic rings. The first-order chi connectivity index (χ1) is 11.0. The fourth-order valence-corrected chi connectivity index (χ4v) is 2.10. The van der Waals surface area contributed by atoms with Crippen LogP contribution in [0.3, 0.4) is 0 Å². The SMILES string of the molecule is CCN(c1ccc(C(=O)NCC/C=C/C(=O)OC)cn1)C(C)C. The first-order valence-electron chi connectivity index (χ1n) is 7.75. The molecule has 1 N–H and O–H groups in total. The van der Waals surface area contributed by atoms with Gasteiger partial charge in [-0.2, -0.15) is 0 Å². The van der Waals surface area contributed by atoms with Crippen molar-refractivity contribution >= 4 is 17.7 Å². The van der Waals surface area contributed by atoms with Crippen LogP contribution in [0, 0.1) is 0 Å². The van der Waals surface area contributed by atoms with E-state index in [1.807, 2.05) is 6.07 Å². The van der Waals surface area contributed by atoms with Gasteiger partial charge in [0.1, 0.15) is 5.82 Å². The Labute approximate surface area is 137 Å². The summed E-state index contributed by atoms with van der Waals surface area (Å²) in [6, 6.07) is 3.98. The molecule has 1 amide bonds. The van der Waals surface area contributed by atoms with Crippen molar-refractivity contribution in [3.8, 4) is 0 Å². The van der Waals surface area contributed by atoms with Crippen LogP contribution in [-0.4, -0.2) is 43.1 Å². The second kappa shape index (κ2) is 9.61. The second-order valence-corrected chi connectivity index (χ2v) is 5.25. The maximum absolute atomic E-state index is 12.0. The number of pyridine rings is 1. The fraction of sp³-hybridized carbons (Fsp3) is 0.471. The monoisotopic (exact) mass is 319 g/mol. The topological polar surface area (TPSA) is 71.5 Å². The number of aromatic nitrogens is 1. The molecule has 6 heteroatoms. The van der Waals surface area contributed by atoms with Gasteiger partial charge in [0, 0.05) is 31.4 Å². The van der Waals surface area contributed by atoms with Crippen molar-refractivity contribution < 1.29 is 14.3 Å². The zero-order valence-electron chi connectivity index (χ0n) is 14.2. The first-order valence-corrected chi connectivity index (χ1v) is 7.75. The highest BCUT2D eigenvalue weighted by Crippen LogP contribution is 2.14. The van der Waals surface area contributed by atoms with Crippen molar-refractivity contribution in [1.82, 2.24) is 10.3 Å². The molecule has 0 saturated carbocycles. The Hall–Kier alpha value is -2.37. The van der Waals surface area contributed by atoms with Crippen molar-refractivity contribution in [2.24, 2.45) is 0 Å². The summed E-state index contributed by atoms with van der Waals surface area (Å²) in [4.78, 5) is 29.4. The number of nitrogens with one attached hydrogen (secondary N) is 1. The molecule has 0 bridgehead atoms. The molecule has 1 heterocycles. The van der Waals surface area contributed by atoms with Gasteiger partial charge in [-0.05, 0) is 39.3 Å². The highest BCUT2D eigenvalue weighted by molar-refractivity contribution is 5.94. The lowest BCUT2D eigenvalue weighted by Crippen LogP contribution is -2.31. The molecule has 6 nitrogen and oxygen atoms in total. The van der Waals surface area contributed by atoms with Crippen LogP contribution in [0.2, 0.25) is 0 Å². The smallest absolute Gasteiger partial charge is 0.330 e. The van der Waals surface area contributed by atoms with Gasteiger partial charge >= 0.3 is 5.97 Å². The van der Waals surface area contributed by atoms with E-state index < -0.39 is 5.97 Å². The van der Waals surface area contributed by atoms with E-state index in [0.717, 1.165) is 12.4 Å². The zero-order valence-corrected chi connectivity index (χ0v) is 14.2. The van der Waals surface area contributed by atoms with Gasteiger partial charge in [-0.1, -0.05) is 6.08 Å². The Morgan fingerprint density at radius 2 is 2.13 bits per heavy atom. The highest BCUT2D eigenvalue weighted by atomic mass is 16.5. The summed E-state index contributed by atoms with van der Waals surface area (Å²) in [6.07, 6.45) is 5.15. The number of carbonyl (C=O) groups excluding carboxylic acids is 2. The predicted molar refractivity (Wildman–Crippen MR) is 90.5 cm³/mol. The van der Waals surface area contributed by atoms with Crippen LogP contribution in [0.5, 0.6) is 0 Å². The summed E-state index contributed by atoms with van der Waals surface area (Å²) < 4.78 is 4.48. The van der Waals surface area contributed by atoms with Crippen molar-refractivity contribution in [3.63, 3.8) is 0 Å². The molecule has 0 aliphatic rings. The van der Waals surface area contributed by atoms with Gasteiger partial charge in [0.05, 0.1) is 12.7 Å². The molecule has 0 spiro atoms. The lowest BCUT2D eigenvalue weighted by molar-refractivity contribution is -0.134. The Morgan fingerprint density at radius 1 is 1.39 bits per heavy atom. The Kier molecular flexibility index (Phi) is 7.80. The lowest BCUT2D eigenvalue weighted by Gasteiger charge is -2.26. The molecule has 0 fully saturated rings. The van der Waals surface area contributed by atoms with Crippen LogP contribution in [0.25, 0.3) is 0 Å². The summed E-state index contributed by atoms with van der Waals surface area (Å²) in [6.45, 7) is 7.59. The molecule has 1 aromatic heterocycles. The maximum Gasteiger partial charge on any atom is 0.330 e. The van der Waals surface area contributed by atoms with Crippen LogP contribution in [-0.2, 0) is 9.53 Å². The van der Waals surface area contributed by atoms with E-state index >= 15 is 0 Å². The lowest BCUT2D eigenvalue weighted by atomic mass is 10.2. The quantitative estimate of drug-likeness (QED) is 0.452. The van der Waals surface area contributed by atoms with Gasteiger partial charge in [-0.25, -0.2) is 9.78 Å². The minimum Gasteiger partial charge on any atom is -0.466 e. The molecule has 0 aliphatic carbocycles. The van der Waals surface area contributed by atoms with Gasteiger partial charge in [0.15, 0.2) is 0 Å². The molecule has 23 heavy (non-hydrogen) atoms. The van der Waals surface area contributed by atoms with E-state index in [-0.39, 0.29) is 5.91 Å². The molecule has 0 aliphatic heterocycles. The molecule has 0 radical (unpaired) electrons. The highest BCUT2D eigenvalue weighted by Gasteiger charge is 2.11. The summed E-state index contributed by atoms with van der Waals surface area (Å²) in [5.74, 6) is 0.282. The van der Waals surface area contributed by atoms with Crippen molar-refractivity contribution in [3.05, 3.63) is 36.0 Å². The zero-order chi connectivity index (χ0) is 17.2. The third-order valence-electron chi connectivity index (χ3n) is 3.32. The van der Waals surface area contributed by atoms with Gasteiger partial charge in [0.25, 0.3) is 5.91 Å². The average molecular weight is 319 g/mol. The minimum atomic E-state index is -0.401. The number of rotatable bonds is 8. The molecule has 0 atom stereocenters. The Balaban J connectivity index is 2.51. The second-order valence-electron chi connectivity index (χ2n) is 5.25. The Morgan fingerprint density at radius 3 is 2.65 bits per heavy atom. The number of ether oxygens (including phenoxy) is 1.